The summed E-state index contributed by atoms with van der Waals surface area (Å²) in [5.41, 5.74) is 1.28. The van der Waals surface area contributed by atoms with Gasteiger partial charge in [0.1, 0.15) is 0 Å². The van der Waals surface area contributed by atoms with Gasteiger partial charge >= 0.3 is 0 Å². The molecule has 0 amide bonds. The maximum absolute atomic E-state index is 5.43. The fourth-order valence-electron chi connectivity index (χ4n) is 2.74. The molecular weight excluding hydrogens is 262 g/mol. The van der Waals surface area contributed by atoms with Gasteiger partial charge < -0.3 is 14.8 Å². The van der Waals surface area contributed by atoms with Gasteiger partial charge in [-0.25, -0.2) is 0 Å². The van der Waals surface area contributed by atoms with E-state index in [1.165, 1.54) is 18.4 Å². The quantitative estimate of drug-likeness (QED) is 0.685. The molecule has 0 spiro atoms. The number of rotatable bonds is 10. The summed E-state index contributed by atoms with van der Waals surface area (Å²) in [6.07, 6.45) is 4.82. The fourth-order valence-corrected chi connectivity index (χ4v) is 2.74. The Hall–Kier alpha value is -1.22. The van der Waals surface area contributed by atoms with Crippen LogP contribution in [0.3, 0.4) is 0 Å². The van der Waals surface area contributed by atoms with Crippen molar-refractivity contribution < 1.29 is 9.47 Å². The Morgan fingerprint density at radius 2 is 1.76 bits per heavy atom. The van der Waals surface area contributed by atoms with Crippen LogP contribution in [0.5, 0.6) is 11.5 Å². The molecule has 0 aliphatic heterocycles. The Morgan fingerprint density at radius 3 is 2.33 bits per heavy atom. The van der Waals surface area contributed by atoms with Gasteiger partial charge in [0.2, 0.25) is 0 Å². The number of ether oxygens (including phenoxy) is 2. The second kappa shape index (κ2) is 9.67. The highest BCUT2D eigenvalue weighted by Gasteiger charge is 2.16. The molecule has 3 nitrogen and oxygen atoms in total. The summed E-state index contributed by atoms with van der Waals surface area (Å²) in [6, 6.07) is 6.63. The van der Waals surface area contributed by atoms with Crippen molar-refractivity contribution in [1.29, 1.82) is 0 Å². The molecule has 0 radical (unpaired) electrons. The molecule has 1 aromatic carbocycles. The zero-order chi connectivity index (χ0) is 15.7. The Labute approximate surface area is 130 Å². The Balaban J connectivity index is 2.90. The summed E-state index contributed by atoms with van der Waals surface area (Å²) in [6.45, 7) is 7.83. The lowest BCUT2D eigenvalue weighted by atomic mass is 9.92. The van der Waals surface area contributed by atoms with Crippen molar-refractivity contribution in [2.24, 2.45) is 5.92 Å². The van der Waals surface area contributed by atoms with Crippen molar-refractivity contribution in [1.82, 2.24) is 5.32 Å². The van der Waals surface area contributed by atoms with Gasteiger partial charge in [0, 0.05) is 6.04 Å². The van der Waals surface area contributed by atoms with Crippen molar-refractivity contribution in [3.63, 3.8) is 0 Å². The molecule has 0 aliphatic carbocycles. The molecule has 1 N–H and O–H groups in total. The van der Waals surface area contributed by atoms with Gasteiger partial charge in [-0.1, -0.05) is 39.7 Å². The van der Waals surface area contributed by atoms with Crippen molar-refractivity contribution in [2.45, 2.75) is 52.5 Å². The Morgan fingerprint density at radius 1 is 1.05 bits per heavy atom. The zero-order valence-electron chi connectivity index (χ0n) is 14.2. The highest BCUT2D eigenvalue weighted by molar-refractivity contribution is 5.43. The maximum Gasteiger partial charge on any atom is 0.161 e. The summed E-state index contributed by atoms with van der Waals surface area (Å²) in [5, 5.41) is 3.67. The van der Waals surface area contributed by atoms with E-state index < -0.39 is 0 Å². The number of methoxy groups -OCH3 is 2. The molecule has 3 heteroatoms. The molecule has 2 unspecified atom stereocenters. The maximum atomic E-state index is 5.43. The molecule has 0 heterocycles. The van der Waals surface area contributed by atoms with Crippen LogP contribution in [0.1, 0.15) is 58.1 Å². The normalized spacial score (nSPS) is 13.8. The first-order valence-electron chi connectivity index (χ1n) is 8.11. The molecule has 0 saturated carbocycles. The molecule has 0 bridgehead atoms. The molecule has 1 aromatic rings. The monoisotopic (exact) mass is 293 g/mol. The van der Waals surface area contributed by atoms with Crippen molar-refractivity contribution in [2.75, 3.05) is 20.8 Å². The van der Waals surface area contributed by atoms with E-state index in [2.05, 4.69) is 38.2 Å². The minimum absolute atomic E-state index is 0.381. The largest absolute Gasteiger partial charge is 0.493 e. The SMILES string of the molecule is CCCNC(CC(C)CCC)c1ccc(OC)c(OC)c1. The average molecular weight is 293 g/mol. The molecule has 120 valence electrons. The lowest BCUT2D eigenvalue weighted by Gasteiger charge is -2.23. The minimum Gasteiger partial charge on any atom is -0.493 e. The minimum atomic E-state index is 0.381. The lowest BCUT2D eigenvalue weighted by Crippen LogP contribution is -2.24. The van der Waals surface area contributed by atoms with Gasteiger partial charge in [0.15, 0.2) is 11.5 Å². The van der Waals surface area contributed by atoms with Crippen LogP contribution in [0.2, 0.25) is 0 Å². The standard InChI is InChI=1S/C18H31NO2/c1-6-8-14(3)12-16(19-11-7-2)15-9-10-17(20-4)18(13-15)21-5/h9-10,13-14,16,19H,6-8,11-12H2,1-5H3. The average Bonchev–Trinajstić information content (AvgIpc) is 2.50. The van der Waals surface area contributed by atoms with Crippen LogP contribution in [0, 0.1) is 5.92 Å². The Bertz CT molecular complexity index is 406. The predicted octanol–water partition coefficient (Wildman–Crippen LogP) is 4.57. The Kier molecular flexibility index (Phi) is 8.21. The van der Waals surface area contributed by atoms with Crippen LogP contribution in [0.25, 0.3) is 0 Å². The topological polar surface area (TPSA) is 30.5 Å². The van der Waals surface area contributed by atoms with Crippen molar-refractivity contribution in [3.8, 4) is 11.5 Å². The second-order valence-electron chi connectivity index (χ2n) is 5.75. The lowest BCUT2D eigenvalue weighted by molar-refractivity contribution is 0.351. The highest BCUT2D eigenvalue weighted by atomic mass is 16.5. The molecule has 1 rings (SSSR count). The van der Waals surface area contributed by atoms with E-state index in [0.29, 0.717) is 6.04 Å². The zero-order valence-corrected chi connectivity index (χ0v) is 14.2. The highest BCUT2D eigenvalue weighted by Crippen LogP contribution is 2.32. The first-order valence-corrected chi connectivity index (χ1v) is 8.11. The van der Waals surface area contributed by atoms with E-state index in [9.17, 15) is 0 Å². The van der Waals surface area contributed by atoms with Gasteiger partial charge in [-0.3, -0.25) is 0 Å². The van der Waals surface area contributed by atoms with Crippen LogP contribution in [-0.2, 0) is 0 Å². The molecule has 0 aliphatic rings. The van der Waals surface area contributed by atoms with E-state index >= 15 is 0 Å². The van der Waals surface area contributed by atoms with Gasteiger partial charge in [-0.15, -0.1) is 0 Å². The molecule has 0 fully saturated rings. The third-order valence-corrected chi connectivity index (χ3v) is 3.87. The summed E-state index contributed by atoms with van der Waals surface area (Å²) >= 11 is 0. The molecular formula is C18H31NO2. The number of hydrogen-bond donors (Lipinski definition) is 1. The summed E-state index contributed by atoms with van der Waals surface area (Å²) < 4.78 is 10.8. The van der Waals surface area contributed by atoms with E-state index in [0.717, 1.165) is 36.8 Å². The number of benzene rings is 1. The number of hydrogen-bond acceptors (Lipinski definition) is 3. The first-order chi connectivity index (χ1) is 10.2. The fraction of sp³-hybridized carbons (Fsp3) is 0.667. The van der Waals surface area contributed by atoms with Crippen LogP contribution >= 0.6 is 0 Å². The second-order valence-corrected chi connectivity index (χ2v) is 5.75. The number of nitrogens with one attached hydrogen (secondary N) is 1. The summed E-state index contributed by atoms with van der Waals surface area (Å²) in [5.74, 6) is 2.32. The van der Waals surface area contributed by atoms with Crippen LogP contribution in [0.4, 0.5) is 0 Å². The first kappa shape index (κ1) is 17.8. The third kappa shape index (κ3) is 5.58. The van der Waals surface area contributed by atoms with Crippen LogP contribution in [0.15, 0.2) is 18.2 Å². The van der Waals surface area contributed by atoms with Crippen molar-refractivity contribution in [3.05, 3.63) is 23.8 Å². The predicted molar refractivity (Wildman–Crippen MR) is 89.3 cm³/mol. The smallest absolute Gasteiger partial charge is 0.161 e. The molecule has 2 atom stereocenters. The summed E-state index contributed by atoms with van der Waals surface area (Å²) in [7, 11) is 3.36. The van der Waals surface area contributed by atoms with Crippen LogP contribution < -0.4 is 14.8 Å². The van der Waals surface area contributed by atoms with E-state index in [1.807, 2.05) is 6.07 Å². The van der Waals surface area contributed by atoms with Crippen molar-refractivity contribution >= 4 is 0 Å². The van der Waals surface area contributed by atoms with Gasteiger partial charge in [-0.2, -0.15) is 0 Å². The van der Waals surface area contributed by atoms with Crippen LogP contribution in [-0.4, -0.2) is 20.8 Å². The van der Waals surface area contributed by atoms with E-state index in [-0.39, 0.29) is 0 Å². The van der Waals surface area contributed by atoms with E-state index in [4.69, 9.17) is 9.47 Å². The van der Waals surface area contributed by atoms with E-state index in [1.54, 1.807) is 14.2 Å². The van der Waals surface area contributed by atoms with Gasteiger partial charge in [-0.05, 0) is 43.0 Å². The third-order valence-electron chi connectivity index (χ3n) is 3.87. The van der Waals surface area contributed by atoms with Gasteiger partial charge in [0.05, 0.1) is 14.2 Å². The summed E-state index contributed by atoms with van der Waals surface area (Å²) in [4.78, 5) is 0. The van der Waals surface area contributed by atoms with Gasteiger partial charge in [0.25, 0.3) is 0 Å². The molecule has 0 saturated heterocycles. The molecule has 21 heavy (non-hydrogen) atoms. The molecule has 0 aromatic heterocycles.